The minimum absolute atomic E-state index is 0.589. The third-order valence-corrected chi connectivity index (χ3v) is 4.31. The summed E-state index contributed by atoms with van der Waals surface area (Å²) in [6.45, 7) is 1.31. The van der Waals surface area contributed by atoms with Crippen molar-refractivity contribution in [3.8, 4) is 0 Å². The van der Waals surface area contributed by atoms with Crippen LogP contribution in [0, 0.1) is 0 Å². The predicted octanol–water partition coefficient (Wildman–Crippen LogP) is 1.20. The minimum Gasteiger partial charge on any atom is -0.329 e. The zero-order valence-electron chi connectivity index (χ0n) is 9.51. The number of hydrogen-bond acceptors (Lipinski definition) is 5. The van der Waals surface area contributed by atoms with Crippen LogP contribution in [-0.4, -0.2) is 32.0 Å². The fraction of sp³-hybridized carbons (Fsp3) is 0.900. The molecule has 2 N–H and O–H groups in total. The molecule has 0 bridgehead atoms. The van der Waals surface area contributed by atoms with Crippen molar-refractivity contribution in [1.82, 2.24) is 20.2 Å². The van der Waals surface area contributed by atoms with Crippen LogP contribution in [0.2, 0.25) is 0 Å². The lowest BCUT2D eigenvalue weighted by atomic mass is 10.0. The van der Waals surface area contributed by atoms with E-state index in [9.17, 15) is 0 Å². The molecule has 0 radical (unpaired) electrons. The highest BCUT2D eigenvalue weighted by molar-refractivity contribution is 7.99. The average Bonchev–Trinajstić information content (AvgIpc) is 2.76. The zero-order chi connectivity index (χ0) is 11.2. The highest BCUT2D eigenvalue weighted by Crippen LogP contribution is 2.29. The molecule has 90 valence electrons. The van der Waals surface area contributed by atoms with Crippen LogP contribution in [-0.2, 0) is 12.3 Å². The van der Waals surface area contributed by atoms with Crippen molar-refractivity contribution < 1.29 is 0 Å². The van der Waals surface area contributed by atoms with Crippen molar-refractivity contribution in [2.24, 2.45) is 5.73 Å². The molecule has 2 rings (SSSR count). The van der Waals surface area contributed by atoms with Gasteiger partial charge in [-0.1, -0.05) is 19.3 Å². The largest absolute Gasteiger partial charge is 0.329 e. The highest BCUT2D eigenvalue weighted by Gasteiger charge is 2.15. The molecule has 1 heterocycles. The summed E-state index contributed by atoms with van der Waals surface area (Å²) < 4.78 is 1.82. The Labute approximate surface area is 100 Å². The molecule has 16 heavy (non-hydrogen) atoms. The summed E-state index contributed by atoms with van der Waals surface area (Å²) in [5.74, 6) is 1.87. The third-order valence-electron chi connectivity index (χ3n) is 2.95. The molecule has 1 aromatic rings. The number of rotatable bonds is 5. The second-order valence-electron chi connectivity index (χ2n) is 4.18. The number of hydrogen-bond donors (Lipinski definition) is 1. The molecular weight excluding hydrogens is 222 g/mol. The first-order valence-electron chi connectivity index (χ1n) is 5.97. The molecule has 0 atom stereocenters. The van der Waals surface area contributed by atoms with Gasteiger partial charge in [0.1, 0.15) is 0 Å². The fourth-order valence-electron chi connectivity index (χ4n) is 2.05. The standard InChI is InChI=1S/C10H19N5S/c11-6-7-15-10(12-13-14-15)8-16-9-4-2-1-3-5-9/h9H,1-8,11H2. The molecule has 0 aromatic carbocycles. The van der Waals surface area contributed by atoms with E-state index in [1.165, 1.54) is 32.1 Å². The van der Waals surface area contributed by atoms with E-state index in [4.69, 9.17) is 5.73 Å². The van der Waals surface area contributed by atoms with Crippen LogP contribution in [0.15, 0.2) is 0 Å². The fourth-order valence-corrected chi connectivity index (χ4v) is 3.30. The Morgan fingerprint density at radius 2 is 2.12 bits per heavy atom. The molecule has 0 amide bonds. The van der Waals surface area contributed by atoms with Gasteiger partial charge in [-0.3, -0.25) is 0 Å². The molecule has 0 unspecified atom stereocenters. The number of aromatic nitrogens is 4. The lowest BCUT2D eigenvalue weighted by molar-refractivity contribution is 0.515. The van der Waals surface area contributed by atoms with Crippen molar-refractivity contribution >= 4 is 11.8 Å². The molecular formula is C10H19N5S. The molecule has 1 saturated carbocycles. The van der Waals surface area contributed by atoms with E-state index in [0.717, 1.165) is 16.8 Å². The van der Waals surface area contributed by atoms with E-state index >= 15 is 0 Å². The molecule has 5 nitrogen and oxygen atoms in total. The van der Waals surface area contributed by atoms with E-state index in [1.54, 1.807) is 0 Å². The van der Waals surface area contributed by atoms with Crippen LogP contribution in [0.1, 0.15) is 37.9 Å². The van der Waals surface area contributed by atoms with Crippen molar-refractivity contribution in [1.29, 1.82) is 0 Å². The molecule has 6 heteroatoms. The van der Waals surface area contributed by atoms with Crippen molar-refractivity contribution in [2.45, 2.75) is 49.7 Å². The lowest BCUT2D eigenvalue weighted by Crippen LogP contribution is -2.14. The Bertz CT molecular complexity index is 308. The molecule has 1 aromatic heterocycles. The second-order valence-corrected chi connectivity index (χ2v) is 5.47. The summed E-state index contributed by atoms with van der Waals surface area (Å²) in [5.41, 5.74) is 5.50. The zero-order valence-corrected chi connectivity index (χ0v) is 10.3. The Morgan fingerprint density at radius 1 is 1.31 bits per heavy atom. The van der Waals surface area contributed by atoms with Crippen molar-refractivity contribution in [2.75, 3.05) is 6.54 Å². The van der Waals surface area contributed by atoms with E-state index in [2.05, 4.69) is 15.5 Å². The molecule has 1 aliphatic rings. The van der Waals surface area contributed by atoms with Gasteiger partial charge in [0.05, 0.1) is 12.3 Å². The predicted molar refractivity (Wildman–Crippen MR) is 65.0 cm³/mol. The summed E-state index contributed by atoms with van der Waals surface area (Å²) in [4.78, 5) is 0. The molecule has 0 aliphatic heterocycles. The smallest absolute Gasteiger partial charge is 0.161 e. The number of nitrogens with two attached hydrogens (primary N) is 1. The van der Waals surface area contributed by atoms with Gasteiger partial charge in [-0.2, -0.15) is 11.8 Å². The van der Waals surface area contributed by atoms with Gasteiger partial charge in [0, 0.05) is 11.8 Å². The topological polar surface area (TPSA) is 69.6 Å². The van der Waals surface area contributed by atoms with E-state index in [-0.39, 0.29) is 0 Å². The van der Waals surface area contributed by atoms with Crippen LogP contribution >= 0.6 is 11.8 Å². The number of tetrazole rings is 1. The maximum Gasteiger partial charge on any atom is 0.161 e. The van der Waals surface area contributed by atoms with E-state index < -0.39 is 0 Å². The van der Waals surface area contributed by atoms with Crippen LogP contribution in [0.3, 0.4) is 0 Å². The van der Waals surface area contributed by atoms with Crippen molar-refractivity contribution in [3.63, 3.8) is 0 Å². The lowest BCUT2D eigenvalue weighted by Gasteiger charge is -2.20. The normalized spacial score (nSPS) is 17.8. The van der Waals surface area contributed by atoms with Crippen molar-refractivity contribution in [3.05, 3.63) is 5.82 Å². The quantitative estimate of drug-likeness (QED) is 0.838. The number of thioether (sulfide) groups is 1. The summed E-state index contributed by atoms with van der Waals surface area (Å²) in [7, 11) is 0. The summed E-state index contributed by atoms with van der Waals surface area (Å²) >= 11 is 1.99. The van der Waals surface area contributed by atoms with Crippen LogP contribution in [0.25, 0.3) is 0 Å². The van der Waals surface area contributed by atoms with E-state index in [1.807, 2.05) is 16.4 Å². The van der Waals surface area contributed by atoms with Crippen LogP contribution in [0.4, 0.5) is 0 Å². The van der Waals surface area contributed by atoms with Crippen LogP contribution in [0.5, 0.6) is 0 Å². The molecule has 1 aliphatic carbocycles. The monoisotopic (exact) mass is 241 g/mol. The van der Waals surface area contributed by atoms with E-state index in [0.29, 0.717) is 13.1 Å². The summed E-state index contributed by atoms with van der Waals surface area (Å²) in [6, 6.07) is 0. The Morgan fingerprint density at radius 3 is 2.88 bits per heavy atom. The Hall–Kier alpha value is -0.620. The second kappa shape index (κ2) is 6.20. The summed E-state index contributed by atoms with van der Waals surface area (Å²) in [6.07, 6.45) is 6.87. The Kier molecular flexibility index (Phi) is 4.59. The van der Waals surface area contributed by atoms with Gasteiger partial charge in [-0.15, -0.1) is 5.10 Å². The average molecular weight is 241 g/mol. The maximum atomic E-state index is 5.50. The highest BCUT2D eigenvalue weighted by atomic mass is 32.2. The van der Waals surface area contributed by atoms with Gasteiger partial charge in [-0.05, 0) is 23.3 Å². The molecule has 0 spiro atoms. The van der Waals surface area contributed by atoms with Gasteiger partial charge in [0.25, 0.3) is 0 Å². The van der Waals surface area contributed by atoms with Gasteiger partial charge in [0.2, 0.25) is 0 Å². The van der Waals surface area contributed by atoms with Crippen LogP contribution < -0.4 is 5.73 Å². The summed E-state index contributed by atoms with van der Waals surface area (Å²) in [5, 5.41) is 12.5. The first kappa shape index (κ1) is 11.9. The third kappa shape index (κ3) is 3.18. The molecule has 1 fully saturated rings. The Balaban J connectivity index is 1.81. The maximum absolute atomic E-state index is 5.50. The SMILES string of the molecule is NCCn1nnnc1CSC1CCCCC1. The number of nitrogens with zero attached hydrogens (tertiary/aromatic N) is 4. The molecule has 0 saturated heterocycles. The first-order chi connectivity index (χ1) is 7.90. The van der Waals surface area contributed by atoms with Gasteiger partial charge < -0.3 is 5.73 Å². The minimum atomic E-state index is 0.589. The van der Waals surface area contributed by atoms with Gasteiger partial charge in [0.15, 0.2) is 5.82 Å². The van der Waals surface area contributed by atoms with Gasteiger partial charge >= 0.3 is 0 Å². The van der Waals surface area contributed by atoms with Gasteiger partial charge in [-0.25, -0.2) is 4.68 Å². The first-order valence-corrected chi connectivity index (χ1v) is 7.01.